The molecule has 4 amide bonds. The van der Waals surface area contributed by atoms with Gasteiger partial charge in [-0.05, 0) is 75.1 Å². The van der Waals surface area contributed by atoms with Gasteiger partial charge in [0.15, 0.2) is 0 Å². The summed E-state index contributed by atoms with van der Waals surface area (Å²) in [6, 6.07) is 13.9. The third-order valence-corrected chi connectivity index (χ3v) is 8.69. The lowest BCUT2D eigenvalue weighted by atomic mass is 9.96. The molecule has 51 heavy (non-hydrogen) atoms. The van der Waals surface area contributed by atoms with Crippen LogP contribution < -0.4 is 24.3 Å². The molecule has 1 fully saturated rings. The second-order valence-electron chi connectivity index (χ2n) is 13.1. The number of methoxy groups -OCH3 is 4. The first-order valence-corrected chi connectivity index (χ1v) is 16.9. The zero-order chi connectivity index (χ0) is 37.5. The molecule has 0 bridgehead atoms. The smallest absolute Gasteiger partial charge is 0.338 e. The highest BCUT2D eigenvalue weighted by molar-refractivity contribution is 6.30. The Balaban J connectivity index is 1.69. The first kappa shape index (κ1) is 38.8. The summed E-state index contributed by atoms with van der Waals surface area (Å²) < 4.78 is 27.7. The topological polar surface area (TPSA) is 133 Å². The van der Waals surface area contributed by atoms with Gasteiger partial charge in [-0.15, -0.1) is 0 Å². The normalized spacial score (nSPS) is 15.5. The standard InChI is InChI=1S/C38H46ClN3O9/c1-9-30(23-11-10-12-24(15-23)36(45)51-38(2,3)4)40-37(46)42-22-34(43)41(21-29-32(49-7)18-28(47-5)19-33(29)50-8)20-26(35(42)44)16-25-17-27(39)13-14-31(25)48-6/h10-15,17-19,26,30H,9,16,20-22H2,1-8H3,(H,40,46)/t26-,30-/m1/s1. The van der Waals surface area contributed by atoms with Gasteiger partial charge in [-0.25, -0.2) is 9.59 Å². The van der Waals surface area contributed by atoms with Crippen molar-refractivity contribution < 1.29 is 42.9 Å². The van der Waals surface area contributed by atoms with Crippen LogP contribution in [0.25, 0.3) is 0 Å². The van der Waals surface area contributed by atoms with Gasteiger partial charge >= 0.3 is 12.0 Å². The van der Waals surface area contributed by atoms with Gasteiger partial charge in [-0.1, -0.05) is 30.7 Å². The maximum Gasteiger partial charge on any atom is 0.338 e. The van der Waals surface area contributed by atoms with Crippen molar-refractivity contribution in [2.75, 3.05) is 41.5 Å². The molecule has 1 N–H and O–H groups in total. The summed E-state index contributed by atoms with van der Waals surface area (Å²) >= 11 is 6.34. The number of carbonyl (C=O) groups excluding carboxylic acids is 4. The number of halogens is 1. The summed E-state index contributed by atoms with van der Waals surface area (Å²) in [6.07, 6.45) is 0.563. The van der Waals surface area contributed by atoms with Crippen molar-refractivity contribution in [3.05, 3.63) is 81.9 Å². The van der Waals surface area contributed by atoms with Gasteiger partial charge in [0.25, 0.3) is 0 Å². The molecule has 0 spiro atoms. The van der Waals surface area contributed by atoms with E-state index in [1.54, 1.807) is 75.4 Å². The summed E-state index contributed by atoms with van der Waals surface area (Å²) in [6.45, 7) is 6.70. The molecule has 1 aliphatic heterocycles. The SMILES string of the molecule is CC[C@@H](NC(=O)N1CC(=O)N(Cc2c(OC)cc(OC)cc2OC)C[C@@H](Cc2cc(Cl)ccc2OC)C1=O)c1cccc(C(=O)OC(C)(C)C)c1. The monoisotopic (exact) mass is 723 g/mol. The molecule has 4 rings (SSSR count). The average molecular weight is 724 g/mol. The molecule has 1 saturated heterocycles. The molecule has 0 aliphatic carbocycles. The van der Waals surface area contributed by atoms with Crippen molar-refractivity contribution in [3.63, 3.8) is 0 Å². The van der Waals surface area contributed by atoms with E-state index in [-0.39, 0.29) is 19.5 Å². The number of carbonyl (C=O) groups is 4. The molecule has 0 saturated carbocycles. The van der Waals surface area contributed by atoms with Gasteiger partial charge < -0.3 is 33.9 Å². The highest BCUT2D eigenvalue weighted by Crippen LogP contribution is 2.36. The molecule has 274 valence electrons. The van der Waals surface area contributed by atoms with Crippen molar-refractivity contribution in [1.82, 2.24) is 15.1 Å². The number of hydrogen-bond donors (Lipinski definition) is 1. The Morgan fingerprint density at radius 1 is 0.922 bits per heavy atom. The van der Waals surface area contributed by atoms with E-state index >= 15 is 0 Å². The van der Waals surface area contributed by atoms with E-state index in [2.05, 4.69) is 5.32 Å². The van der Waals surface area contributed by atoms with Crippen molar-refractivity contribution in [1.29, 1.82) is 0 Å². The third kappa shape index (κ3) is 9.63. The number of nitrogens with zero attached hydrogens (tertiary/aromatic N) is 2. The number of urea groups is 1. The summed E-state index contributed by atoms with van der Waals surface area (Å²) in [4.78, 5) is 57.6. The van der Waals surface area contributed by atoms with Crippen molar-refractivity contribution in [2.24, 2.45) is 5.92 Å². The highest BCUT2D eigenvalue weighted by atomic mass is 35.5. The van der Waals surface area contributed by atoms with Crippen LogP contribution in [0.1, 0.15) is 67.2 Å². The van der Waals surface area contributed by atoms with Crippen LogP contribution in [0.3, 0.4) is 0 Å². The predicted molar refractivity (Wildman–Crippen MR) is 192 cm³/mol. The summed E-state index contributed by atoms with van der Waals surface area (Å²) in [5.41, 5.74) is 1.49. The van der Waals surface area contributed by atoms with Gasteiger partial charge in [0, 0.05) is 23.7 Å². The Hall–Kier alpha value is -4.97. The minimum atomic E-state index is -0.861. The Labute approximate surface area is 303 Å². The maximum atomic E-state index is 14.3. The zero-order valence-corrected chi connectivity index (χ0v) is 31.1. The summed E-state index contributed by atoms with van der Waals surface area (Å²) in [7, 11) is 6.04. The van der Waals surface area contributed by atoms with Crippen LogP contribution >= 0.6 is 11.6 Å². The van der Waals surface area contributed by atoms with Crippen LogP contribution in [-0.2, 0) is 27.3 Å². The molecular weight excluding hydrogens is 678 g/mol. The minimum absolute atomic E-state index is 0.0232. The molecule has 0 unspecified atom stereocenters. The van der Waals surface area contributed by atoms with E-state index in [9.17, 15) is 19.2 Å². The number of esters is 1. The number of amides is 4. The van der Waals surface area contributed by atoms with Gasteiger partial charge in [0.1, 0.15) is 35.1 Å². The van der Waals surface area contributed by atoms with Crippen molar-refractivity contribution in [3.8, 4) is 23.0 Å². The minimum Gasteiger partial charge on any atom is -0.496 e. The Kier molecular flexibility index (Phi) is 12.8. The fourth-order valence-corrected chi connectivity index (χ4v) is 6.11. The quantitative estimate of drug-likeness (QED) is 0.216. The summed E-state index contributed by atoms with van der Waals surface area (Å²) in [5.74, 6) is -0.493. The predicted octanol–water partition coefficient (Wildman–Crippen LogP) is 6.22. The van der Waals surface area contributed by atoms with Gasteiger partial charge in [0.05, 0.1) is 58.1 Å². The van der Waals surface area contributed by atoms with Crippen LogP contribution in [0.4, 0.5) is 4.79 Å². The van der Waals surface area contributed by atoms with Crippen LogP contribution in [-0.4, -0.2) is 80.7 Å². The van der Waals surface area contributed by atoms with E-state index < -0.39 is 47.9 Å². The molecule has 3 aromatic rings. The largest absolute Gasteiger partial charge is 0.496 e. The highest BCUT2D eigenvalue weighted by Gasteiger charge is 2.39. The number of imide groups is 1. The lowest BCUT2D eigenvalue weighted by Crippen LogP contribution is -2.48. The van der Waals surface area contributed by atoms with Crippen LogP contribution in [0.15, 0.2) is 54.6 Å². The van der Waals surface area contributed by atoms with Gasteiger partial charge in [0.2, 0.25) is 11.8 Å². The van der Waals surface area contributed by atoms with E-state index in [4.69, 9.17) is 35.3 Å². The molecular formula is C38H46ClN3O9. The fourth-order valence-electron chi connectivity index (χ4n) is 5.92. The van der Waals surface area contributed by atoms with Crippen LogP contribution in [0.2, 0.25) is 5.02 Å². The lowest BCUT2D eigenvalue weighted by molar-refractivity contribution is -0.135. The Morgan fingerprint density at radius 2 is 1.59 bits per heavy atom. The molecule has 1 aliphatic rings. The number of nitrogens with one attached hydrogen (secondary N) is 1. The average Bonchev–Trinajstić information content (AvgIpc) is 3.21. The molecule has 2 atom stereocenters. The van der Waals surface area contributed by atoms with E-state index in [1.807, 2.05) is 6.92 Å². The molecule has 0 aromatic heterocycles. The maximum absolute atomic E-state index is 14.3. The van der Waals surface area contributed by atoms with Gasteiger partial charge in [-0.3, -0.25) is 14.5 Å². The number of benzene rings is 3. The zero-order valence-electron chi connectivity index (χ0n) is 30.3. The first-order chi connectivity index (χ1) is 24.2. The number of ether oxygens (including phenoxy) is 5. The molecule has 3 aromatic carbocycles. The van der Waals surface area contributed by atoms with Crippen molar-refractivity contribution in [2.45, 2.75) is 58.7 Å². The Morgan fingerprint density at radius 3 is 2.18 bits per heavy atom. The molecule has 12 nitrogen and oxygen atoms in total. The molecule has 13 heteroatoms. The lowest BCUT2D eigenvalue weighted by Gasteiger charge is -2.26. The first-order valence-electron chi connectivity index (χ1n) is 16.6. The van der Waals surface area contributed by atoms with Crippen molar-refractivity contribution >= 4 is 35.4 Å². The second kappa shape index (κ2) is 16.8. The van der Waals surface area contributed by atoms with Crippen LogP contribution in [0, 0.1) is 5.92 Å². The number of rotatable bonds is 12. The molecule has 1 heterocycles. The van der Waals surface area contributed by atoms with Gasteiger partial charge in [-0.2, -0.15) is 0 Å². The summed E-state index contributed by atoms with van der Waals surface area (Å²) in [5, 5.41) is 3.37. The third-order valence-electron chi connectivity index (χ3n) is 8.45. The molecule has 0 radical (unpaired) electrons. The van der Waals surface area contributed by atoms with Crippen LogP contribution in [0.5, 0.6) is 23.0 Å². The van der Waals surface area contributed by atoms with E-state index in [0.717, 1.165) is 4.90 Å². The fraction of sp³-hybridized carbons (Fsp3) is 0.421. The van der Waals surface area contributed by atoms with E-state index in [0.29, 0.717) is 56.7 Å². The second-order valence-corrected chi connectivity index (χ2v) is 13.5. The number of hydrogen-bond acceptors (Lipinski definition) is 9. The Bertz CT molecular complexity index is 1730. The van der Waals surface area contributed by atoms with E-state index in [1.165, 1.54) is 33.3 Å².